The second-order valence-electron chi connectivity index (χ2n) is 4.16. The van der Waals surface area contributed by atoms with Crippen molar-refractivity contribution in [2.75, 3.05) is 5.75 Å². The maximum Gasteiger partial charge on any atom is 0.0853 e. The Labute approximate surface area is 75.5 Å². The maximum atomic E-state index is 2.49. The number of hydrogen-bond donors (Lipinski definition) is 0. The predicted octanol–water partition coefficient (Wildman–Crippen LogP) is 3.66. The highest BCUT2D eigenvalue weighted by Gasteiger charge is 2.20. The lowest BCUT2D eigenvalue weighted by atomic mass is 10.2. The lowest BCUT2D eigenvalue weighted by Gasteiger charge is -2.18. The van der Waals surface area contributed by atoms with Crippen molar-refractivity contribution in [2.45, 2.75) is 38.9 Å². The van der Waals surface area contributed by atoms with Crippen LogP contribution in [-0.2, 0) is 0 Å². The van der Waals surface area contributed by atoms with Crippen LogP contribution in [0, 0.1) is 0 Å². The van der Waals surface area contributed by atoms with Crippen LogP contribution in [0.3, 0.4) is 0 Å². The molecular formula is C9H18SSi. The Morgan fingerprint density at radius 2 is 2.00 bits per heavy atom. The highest BCUT2D eigenvalue weighted by Crippen LogP contribution is 2.30. The van der Waals surface area contributed by atoms with E-state index in [9.17, 15) is 0 Å². The monoisotopic (exact) mass is 186 g/mol. The molecule has 64 valence electrons. The van der Waals surface area contributed by atoms with Crippen LogP contribution in [0.5, 0.6) is 0 Å². The first-order valence-electron chi connectivity index (χ1n) is 4.44. The third-order valence-electron chi connectivity index (χ3n) is 1.92. The van der Waals surface area contributed by atoms with Gasteiger partial charge in [-0.25, -0.2) is 0 Å². The molecule has 0 amide bonds. The van der Waals surface area contributed by atoms with E-state index in [0.717, 1.165) is 0 Å². The Balaban J connectivity index is 2.61. The Hall–Kier alpha value is 0.307. The fourth-order valence-corrected chi connectivity index (χ4v) is 4.84. The van der Waals surface area contributed by atoms with Crippen LogP contribution in [-0.4, -0.2) is 13.8 Å². The van der Waals surface area contributed by atoms with Gasteiger partial charge in [0.25, 0.3) is 0 Å². The Bertz CT molecular complexity index is 155. The van der Waals surface area contributed by atoms with Crippen molar-refractivity contribution < 1.29 is 0 Å². The van der Waals surface area contributed by atoms with E-state index in [4.69, 9.17) is 0 Å². The smallest absolute Gasteiger partial charge is 0.0853 e. The second kappa shape index (κ2) is 3.81. The fraction of sp³-hybridized carbons (Fsp3) is 0.778. The highest BCUT2D eigenvalue weighted by atomic mass is 32.2. The fourth-order valence-electron chi connectivity index (χ4n) is 1.24. The Kier molecular flexibility index (Phi) is 3.25. The van der Waals surface area contributed by atoms with Gasteiger partial charge in [0.2, 0.25) is 0 Å². The van der Waals surface area contributed by atoms with Crippen molar-refractivity contribution in [1.29, 1.82) is 0 Å². The summed E-state index contributed by atoms with van der Waals surface area (Å²) in [5.74, 6) is 1.36. The summed E-state index contributed by atoms with van der Waals surface area (Å²) in [6, 6.07) is 0. The molecule has 0 spiro atoms. The van der Waals surface area contributed by atoms with Gasteiger partial charge >= 0.3 is 0 Å². The third kappa shape index (κ3) is 3.04. The molecule has 11 heavy (non-hydrogen) atoms. The molecular weight excluding hydrogens is 168 g/mol. The van der Waals surface area contributed by atoms with E-state index in [1.165, 1.54) is 25.0 Å². The first kappa shape index (κ1) is 9.40. The van der Waals surface area contributed by atoms with Gasteiger partial charge in [-0.15, -0.1) is 11.8 Å². The van der Waals surface area contributed by atoms with Crippen LogP contribution in [0.4, 0.5) is 0 Å². The van der Waals surface area contributed by atoms with Crippen molar-refractivity contribution in [1.82, 2.24) is 0 Å². The van der Waals surface area contributed by atoms with Crippen LogP contribution in [0.2, 0.25) is 19.6 Å². The zero-order valence-corrected chi connectivity index (χ0v) is 9.63. The highest BCUT2D eigenvalue weighted by molar-refractivity contribution is 8.05. The minimum atomic E-state index is -0.965. The van der Waals surface area contributed by atoms with Crippen LogP contribution in [0.25, 0.3) is 0 Å². The molecule has 0 N–H and O–H groups in total. The van der Waals surface area contributed by atoms with Crippen molar-refractivity contribution in [2.24, 2.45) is 0 Å². The van der Waals surface area contributed by atoms with E-state index in [0.29, 0.717) is 0 Å². The molecule has 0 saturated heterocycles. The summed E-state index contributed by atoms with van der Waals surface area (Å²) in [6.45, 7) is 7.32. The Morgan fingerprint density at radius 3 is 2.64 bits per heavy atom. The molecule has 0 aromatic rings. The zero-order valence-electron chi connectivity index (χ0n) is 7.81. The van der Waals surface area contributed by atoms with Crippen molar-refractivity contribution >= 4 is 19.8 Å². The summed E-state index contributed by atoms with van der Waals surface area (Å²) < 4.78 is 1.73. The predicted molar refractivity (Wildman–Crippen MR) is 57.7 cm³/mol. The van der Waals surface area contributed by atoms with E-state index in [1.807, 2.05) is 0 Å². The summed E-state index contributed by atoms with van der Waals surface area (Å²) >= 11 is 2.11. The number of hydrogen-bond acceptors (Lipinski definition) is 1. The number of thioether (sulfide) groups is 1. The average molecular weight is 186 g/mol. The van der Waals surface area contributed by atoms with E-state index < -0.39 is 8.07 Å². The van der Waals surface area contributed by atoms with Crippen molar-refractivity contribution in [3.05, 3.63) is 10.6 Å². The molecule has 1 heterocycles. The topological polar surface area (TPSA) is 0 Å². The maximum absolute atomic E-state index is 2.49. The molecule has 0 fully saturated rings. The largest absolute Gasteiger partial charge is 0.136 e. The zero-order chi connectivity index (χ0) is 8.32. The first-order valence-corrected chi connectivity index (χ1v) is 8.93. The SMILES string of the molecule is C[Si](C)(C)C1=CCCCCS1. The van der Waals surface area contributed by atoms with Crippen LogP contribution in [0.15, 0.2) is 10.6 Å². The van der Waals surface area contributed by atoms with Crippen LogP contribution in [0.1, 0.15) is 19.3 Å². The van der Waals surface area contributed by atoms with Gasteiger partial charge in [0.15, 0.2) is 0 Å². The van der Waals surface area contributed by atoms with E-state index in [-0.39, 0.29) is 0 Å². The quantitative estimate of drug-likeness (QED) is 0.563. The molecule has 1 rings (SSSR count). The van der Waals surface area contributed by atoms with Gasteiger partial charge in [0, 0.05) is 0 Å². The molecule has 0 nitrogen and oxygen atoms in total. The van der Waals surface area contributed by atoms with Gasteiger partial charge in [-0.2, -0.15) is 0 Å². The second-order valence-corrected chi connectivity index (χ2v) is 10.7. The molecule has 0 aromatic heterocycles. The summed E-state index contributed by atoms with van der Waals surface area (Å²) in [5, 5.41) is 0. The van der Waals surface area contributed by atoms with Gasteiger partial charge in [0.05, 0.1) is 8.07 Å². The molecule has 0 atom stereocenters. The van der Waals surface area contributed by atoms with Crippen molar-refractivity contribution in [3.63, 3.8) is 0 Å². The molecule has 2 heteroatoms. The van der Waals surface area contributed by atoms with E-state index in [2.05, 4.69) is 37.5 Å². The van der Waals surface area contributed by atoms with E-state index >= 15 is 0 Å². The van der Waals surface area contributed by atoms with Gasteiger partial charge in [-0.05, 0) is 29.5 Å². The molecule has 0 saturated carbocycles. The summed E-state index contributed by atoms with van der Waals surface area (Å²) in [4.78, 5) is 0. The molecule has 0 aromatic carbocycles. The molecule has 1 aliphatic heterocycles. The van der Waals surface area contributed by atoms with Crippen LogP contribution >= 0.6 is 11.8 Å². The summed E-state index contributed by atoms with van der Waals surface area (Å²) in [6.07, 6.45) is 6.63. The molecule has 0 bridgehead atoms. The lowest BCUT2D eigenvalue weighted by Crippen LogP contribution is -2.21. The minimum Gasteiger partial charge on any atom is -0.136 e. The third-order valence-corrected chi connectivity index (χ3v) is 6.85. The molecule has 0 radical (unpaired) electrons. The Morgan fingerprint density at radius 1 is 1.27 bits per heavy atom. The standard InChI is InChI=1S/C9H18SSi/c1-11(2,3)9-7-5-4-6-8-10-9/h7H,4-6,8H2,1-3H3. The normalized spacial score (nSPS) is 20.8. The number of allylic oxidation sites excluding steroid dienone is 1. The molecule has 0 unspecified atom stereocenters. The van der Waals surface area contributed by atoms with Crippen LogP contribution < -0.4 is 0 Å². The lowest BCUT2D eigenvalue weighted by molar-refractivity contribution is 0.829. The van der Waals surface area contributed by atoms with Gasteiger partial charge < -0.3 is 0 Å². The van der Waals surface area contributed by atoms with E-state index in [1.54, 1.807) is 4.53 Å². The van der Waals surface area contributed by atoms with Gasteiger partial charge in [0.1, 0.15) is 0 Å². The first-order chi connectivity index (χ1) is 5.11. The molecule has 1 aliphatic rings. The summed E-state index contributed by atoms with van der Waals surface area (Å²) in [5.41, 5.74) is 0. The molecule has 0 aliphatic carbocycles. The van der Waals surface area contributed by atoms with Gasteiger partial charge in [-0.1, -0.05) is 25.7 Å². The van der Waals surface area contributed by atoms with Crippen molar-refractivity contribution in [3.8, 4) is 0 Å². The minimum absolute atomic E-state index is 0.965. The summed E-state index contributed by atoms with van der Waals surface area (Å²) in [7, 11) is -0.965. The number of rotatable bonds is 1. The van der Waals surface area contributed by atoms with Gasteiger partial charge in [-0.3, -0.25) is 0 Å². The average Bonchev–Trinajstić information content (AvgIpc) is 2.10.